The molecule has 3 nitrogen and oxygen atoms in total. The number of methoxy groups -OCH3 is 1. The third-order valence-corrected chi connectivity index (χ3v) is 2.51. The van der Waals surface area contributed by atoms with Crippen molar-refractivity contribution in [3.05, 3.63) is 53.6 Å². The van der Waals surface area contributed by atoms with Crippen LogP contribution in [0.4, 0.5) is 0 Å². The van der Waals surface area contributed by atoms with E-state index in [1.807, 2.05) is 44.2 Å². The summed E-state index contributed by atoms with van der Waals surface area (Å²) in [6.45, 7) is 4.00. The van der Waals surface area contributed by atoms with Gasteiger partial charge >= 0.3 is 0 Å². The van der Waals surface area contributed by atoms with E-state index in [-0.39, 0.29) is 44.2 Å². The van der Waals surface area contributed by atoms with Gasteiger partial charge in [0.1, 0.15) is 17.2 Å². The summed E-state index contributed by atoms with van der Waals surface area (Å²) in [5.41, 5.74) is 1.81. The number of hydrogen-bond acceptors (Lipinski definition) is 3. The first-order chi connectivity index (χ1) is 9.67. The predicted octanol–water partition coefficient (Wildman–Crippen LogP) is 4.30. The first-order valence-corrected chi connectivity index (χ1v) is 6.52. The van der Waals surface area contributed by atoms with Gasteiger partial charge in [-0.25, -0.2) is 0 Å². The van der Waals surface area contributed by atoms with Gasteiger partial charge in [0, 0.05) is 38.8 Å². The molecule has 2 N–H and O–H groups in total. The summed E-state index contributed by atoms with van der Waals surface area (Å²) in [5.74, 6) is 1.02. The van der Waals surface area contributed by atoms with Crippen LogP contribution in [0.2, 0.25) is 0 Å². The summed E-state index contributed by atoms with van der Waals surface area (Å²) < 4.78 is 5.08. The van der Waals surface area contributed by atoms with Gasteiger partial charge in [-0.2, -0.15) is 0 Å². The molecule has 2 rings (SSSR count). The van der Waals surface area contributed by atoms with Crippen LogP contribution in [-0.2, 0) is 32.7 Å². The molecule has 0 atom stereocenters. The van der Waals surface area contributed by atoms with Crippen LogP contribution in [0.3, 0.4) is 0 Å². The molecular weight excluding hydrogens is 341 g/mol. The molecule has 0 fully saturated rings. The molecule has 109 valence electrons. The summed E-state index contributed by atoms with van der Waals surface area (Å²) in [7, 11) is 1.56. The Morgan fingerprint density at radius 1 is 0.810 bits per heavy atom. The van der Waals surface area contributed by atoms with E-state index in [2.05, 4.69) is 0 Å². The maximum Gasteiger partial charge on any atom is 0.123 e. The fourth-order valence-electron chi connectivity index (χ4n) is 1.60. The van der Waals surface area contributed by atoms with E-state index in [1.54, 1.807) is 31.4 Å². The van der Waals surface area contributed by atoms with Crippen molar-refractivity contribution in [3.63, 3.8) is 0 Å². The van der Waals surface area contributed by atoms with Gasteiger partial charge in [0.2, 0.25) is 0 Å². The molecule has 0 aliphatic heterocycles. The van der Waals surface area contributed by atoms with Crippen molar-refractivity contribution in [3.8, 4) is 17.2 Å². The number of phenols is 2. The molecule has 2 aromatic carbocycles. The Kier molecular flexibility index (Phi) is 9.76. The van der Waals surface area contributed by atoms with Gasteiger partial charge < -0.3 is 14.9 Å². The van der Waals surface area contributed by atoms with Crippen molar-refractivity contribution in [2.45, 2.75) is 13.8 Å². The fraction of sp³-hybridized carbons (Fsp3) is 0.176. The molecule has 0 unspecified atom stereocenters. The minimum atomic E-state index is 0. The second-order valence-corrected chi connectivity index (χ2v) is 3.89. The van der Waals surface area contributed by atoms with Crippen LogP contribution >= 0.6 is 0 Å². The molecule has 0 aliphatic carbocycles. The van der Waals surface area contributed by atoms with E-state index < -0.39 is 0 Å². The van der Waals surface area contributed by atoms with Gasteiger partial charge in [0.25, 0.3) is 0 Å². The zero-order valence-corrected chi connectivity index (χ0v) is 15.4. The van der Waals surface area contributed by atoms with Crippen molar-refractivity contribution < 1.29 is 47.7 Å². The molecule has 0 saturated carbocycles. The molecule has 0 bridgehead atoms. The Bertz CT molecular complexity index is 563. The van der Waals surface area contributed by atoms with Crippen LogP contribution in [0.25, 0.3) is 12.2 Å². The van der Waals surface area contributed by atoms with Crippen LogP contribution in [0, 0.1) is 0 Å². The summed E-state index contributed by atoms with van der Waals surface area (Å²) in [5, 5.41) is 18.7. The molecule has 0 heterocycles. The molecule has 0 aromatic heterocycles. The van der Waals surface area contributed by atoms with Gasteiger partial charge in [0.15, 0.2) is 0 Å². The number of aromatic hydroxyl groups is 2. The van der Waals surface area contributed by atoms with Crippen LogP contribution in [-0.4, -0.2) is 17.3 Å². The first-order valence-electron chi connectivity index (χ1n) is 6.52. The molecular formula is C17H20O3Y. The fourth-order valence-corrected chi connectivity index (χ4v) is 1.60. The zero-order valence-electron chi connectivity index (χ0n) is 12.6. The zero-order chi connectivity index (χ0) is 15.0. The Hall–Kier alpha value is -1.32. The molecule has 0 aliphatic rings. The van der Waals surface area contributed by atoms with E-state index in [9.17, 15) is 10.2 Å². The van der Waals surface area contributed by atoms with Gasteiger partial charge in [-0.1, -0.05) is 38.1 Å². The summed E-state index contributed by atoms with van der Waals surface area (Å²) in [6.07, 6.45) is 3.77. The summed E-state index contributed by atoms with van der Waals surface area (Å²) in [4.78, 5) is 0. The van der Waals surface area contributed by atoms with Crippen LogP contribution < -0.4 is 4.74 Å². The third-order valence-electron chi connectivity index (χ3n) is 2.51. The number of phenolic OH excluding ortho intramolecular Hbond substituents is 2. The van der Waals surface area contributed by atoms with E-state index in [0.29, 0.717) is 5.75 Å². The van der Waals surface area contributed by atoms with Gasteiger partial charge in [-0.3, -0.25) is 0 Å². The van der Waals surface area contributed by atoms with Crippen LogP contribution in [0.1, 0.15) is 25.0 Å². The molecule has 2 aromatic rings. The smallest absolute Gasteiger partial charge is 0.123 e. The normalized spacial score (nSPS) is 9.48. The second-order valence-electron chi connectivity index (χ2n) is 3.89. The molecule has 4 heteroatoms. The second kappa shape index (κ2) is 10.4. The average Bonchev–Trinajstić information content (AvgIpc) is 2.48. The molecule has 21 heavy (non-hydrogen) atoms. The number of rotatable bonds is 3. The third kappa shape index (κ3) is 6.79. The largest absolute Gasteiger partial charge is 0.508 e. The topological polar surface area (TPSA) is 49.7 Å². The van der Waals surface area contributed by atoms with E-state index >= 15 is 0 Å². The Balaban J connectivity index is 0.00000128. The summed E-state index contributed by atoms with van der Waals surface area (Å²) in [6, 6.07) is 11.9. The van der Waals surface area contributed by atoms with Crippen molar-refractivity contribution in [2.75, 3.05) is 7.11 Å². The maximum atomic E-state index is 9.51. The van der Waals surface area contributed by atoms with Crippen molar-refractivity contribution >= 4 is 12.2 Å². The molecule has 0 spiro atoms. The van der Waals surface area contributed by atoms with Crippen LogP contribution in [0.5, 0.6) is 17.2 Å². The molecule has 0 saturated heterocycles. The van der Waals surface area contributed by atoms with Crippen molar-refractivity contribution in [2.24, 2.45) is 0 Å². The first kappa shape index (κ1) is 19.7. The standard InChI is InChI=1S/C15H14O3.C2H6.Y/c1-18-15-9-12(8-14(17)10-15)3-2-11-4-6-13(16)7-5-11;1-2;/h2-10,16-17H,1H3;1-2H3;/b3-2-;;. The number of hydrogen-bond donors (Lipinski definition) is 2. The quantitative estimate of drug-likeness (QED) is 0.802. The van der Waals surface area contributed by atoms with Crippen molar-refractivity contribution in [1.82, 2.24) is 0 Å². The number of ether oxygens (including phenoxy) is 1. The number of benzene rings is 2. The van der Waals surface area contributed by atoms with Gasteiger partial charge in [-0.05, 0) is 35.4 Å². The Labute approximate surface area is 151 Å². The Morgan fingerprint density at radius 3 is 1.95 bits per heavy atom. The van der Waals surface area contributed by atoms with Crippen LogP contribution in [0.15, 0.2) is 42.5 Å². The minimum absolute atomic E-state index is 0. The Morgan fingerprint density at radius 2 is 1.38 bits per heavy atom. The van der Waals surface area contributed by atoms with Gasteiger partial charge in [0.05, 0.1) is 7.11 Å². The van der Waals surface area contributed by atoms with Crippen molar-refractivity contribution in [1.29, 1.82) is 0 Å². The van der Waals surface area contributed by atoms with E-state index in [0.717, 1.165) is 11.1 Å². The maximum absolute atomic E-state index is 9.51. The van der Waals surface area contributed by atoms with E-state index in [4.69, 9.17) is 4.74 Å². The predicted molar refractivity (Wildman–Crippen MR) is 83.0 cm³/mol. The SMILES string of the molecule is CC.COc1cc(O)cc(/C=C\c2ccc(O)cc2)c1.[Y]. The minimum Gasteiger partial charge on any atom is -0.508 e. The van der Waals surface area contributed by atoms with E-state index in [1.165, 1.54) is 0 Å². The monoisotopic (exact) mass is 361 g/mol. The van der Waals surface area contributed by atoms with Gasteiger partial charge in [-0.15, -0.1) is 0 Å². The molecule has 0 amide bonds. The molecule has 1 radical (unpaired) electrons. The summed E-state index contributed by atoms with van der Waals surface area (Å²) >= 11 is 0. The average molecular weight is 361 g/mol.